The van der Waals surface area contributed by atoms with Crippen molar-refractivity contribution in [1.29, 1.82) is 5.26 Å². The van der Waals surface area contributed by atoms with Crippen LogP contribution in [0, 0.1) is 17.1 Å². The molecule has 1 aromatic carbocycles. The molecule has 78 valence electrons. The Hall–Kier alpha value is -1.33. The number of nitriles is 1. The van der Waals surface area contributed by atoms with Crippen LogP contribution in [-0.2, 0) is 0 Å². The Morgan fingerprint density at radius 2 is 2.33 bits per heavy atom. The van der Waals surface area contributed by atoms with Gasteiger partial charge in [0.05, 0.1) is 5.56 Å². The molecule has 0 unspecified atom stereocenters. The van der Waals surface area contributed by atoms with Crippen LogP contribution in [0.1, 0.15) is 30.9 Å². The average molecular weight is 224 g/mol. The minimum Gasteiger partial charge on any atom is -0.206 e. The number of rotatable bonds is 3. The molecule has 0 bridgehead atoms. The van der Waals surface area contributed by atoms with Gasteiger partial charge in [0.2, 0.25) is 0 Å². The predicted molar refractivity (Wildman–Crippen MR) is 59.9 cm³/mol. The van der Waals surface area contributed by atoms with E-state index in [1.54, 1.807) is 12.1 Å². The van der Waals surface area contributed by atoms with Crippen LogP contribution in [0.25, 0.3) is 5.03 Å². The topological polar surface area (TPSA) is 23.8 Å². The molecule has 0 aliphatic carbocycles. The first-order valence-corrected chi connectivity index (χ1v) is 5.12. The third-order valence-electron chi connectivity index (χ3n) is 1.97. The van der Waals surface area contributed by atoms with Gasteiger partial charge in [-0.25, -0.2) is 4.39 Å². The fourth-order valence-corrected chi connectivity index (χ4v) is 1.38. The summed E-state index contributed by atoms with van der Waals surface area (Å²) in [7, 11) is 0. The number of allylic oxidation sites excluding steroid dienone is 1. The maximum atomic E-state index is 13.0. The number of benzene rings is 1. The normalized spacial score (nSPS) is 11.2. The number of unbranched alkanes of at least 4 members (excludes halogenated alkanes) is 1. The molecule has 3 heteroatoms. The number of nitrogens with zero attached hydrogens (tertiary/aromatic N) is 1. The second-order valence-corrected chi connectivity index (χ2v) is 3.55. The first-order valence-electron chi connectivity index (χ1n) is 4.74. The molecule has 0 radical (unpaired) electrons. The molecule has 0 N–H and O–H groups in total. The molecule has 0 fully saturated rings. The first kappa shape index (κ1) is 11.7. The van der Waals surface area contributed by atoms with Crippen molar-refractivity contribution in [3.05, 3.63) is 41.2 Å². The van der Waals surface area contributed by atoms with Crippen molar-refractivity contribution < 1.29 is 4.39 Å². The Kier molecular flexibility index (Phi) is 4.33. The van der Waals surface area contributed by atoms with E-state index in [1.807, 2.05) is 13.0 Å². The smallest absolute Gasteiger partial charge is 0.140 e. The van der Waals surface area contributed by atoms with Gasteiger partial charge in [-0.3, -0.25) is 0 Å². The predicted octanol–water partition coefficient (Wildman–Crippen LogP) is 4.08. The van der Waals surface area contributed by atoms with Crippen molar-refractivity contribution >= 4 is 16.6 Å². The maximum absolute atomic E-state index is 13.0. The zero-order chi connectivity index (χ0) is 11.3. The van der Waals surface area contributed by atoms with E-state index in [4.69, 9.17) is 16.9 Å². The molecule has 0 heterocycles. The van der Waals surface area contributed by atoms with Gasteiger partial charge in [-0.1, -0.05) is 37.1 Å². The van der Waals surface area contributed by atoms with Crippen LogP contribution >= 0.6 is 11.6 Å². The van der Waals surface area contributed by atoms with Crippen LogP contribution in [0.15, 0.2) is 24.3 Å². The monoisotopic (exact) mass is 223 g/mol. The Morgan fingerprint density at radius 3 is 2.93 bits per heavy atom. The molecule has 15 heavy (non-hydrogen) atoms. The molecule has 0 spiro atoms. The number of hydrogen-bond donors (Lipinski definition) is 0. The summed E-state index contributed by atoms with van der Waals surface area (Å²) in [6.07, 6.45) is 3.75. The highest BCUT2D eigenvalue weighted by molar-refractivity contribution is 6.48. The Labute approximate surface area is 93.8 Å². The molecule has 0 aliphatic heterocycles. The third-order valence-corrected chi connectivity index (χ3v) is 2.35. The van der Waals surface area contributed by atoms with Crippen LogP contribution in [0.4, 0.5) is 4.39 Å². The van der Waals surface area contributed by atoms with Crippen molar-refractivity contribution in [3.63, 3.8) is 0 Å². The highest BCUT2D eigenvalue weighted by atomic mass is 35.5. The fraction of sp³-hybridized carbons (Fsp3) is 0.250. The van der Waals surface area contributed by atoms with Gasteiger partial charge < -0.3 is 0 Å². The van der Waals surface area contributed by atoms with E-state index in [0.717, 1.165) is 12.8 Å². The summed E-state index contributed by atoms with van der Waals surface area (Å²) in [5.41, 5.74) is 0.707. The lowest BCUT2D eigenvalue weighted by molar-refractivity contribution is 0.624. The van der Waals surface area contributed by atoms with Crippen LogP contribution in [0.2, 0.25) is 0 Å². The van der Waals surface area contributed by atoms with Crippen molar-refractivity contribution in [3.8, 4) is 6.07 Å². The lowest BCUT2D eigenvalue weighted by atomic mass is 10.1. The molecular weight excluding hydrogens is 213 g/mol. The van der Waals surface area contributed by atoms with Crippen LogP contribution in [-0.4, -0.2) is 0 Å². The maximum Gasteiger partial charge on any atom is 0.140 e. The Balaban J connectivity index is 3.02. The minimum atomic E-state index is -0.513. The second-order valence-electron chi connectivity index (χ2n) is 3.15. The van der Waals surface area contributed by atoms with E-state index >= 15 is 0 Å². The van der Waals surface area contributed by atoms with Gasteiger partial charge in [0.25, 0.3) is 0 Å². The highest BCUT2D eigenvalue weighted by Crippen LogP contribution is 2.22. The summed E-state index contributed by atoms with van der Waals surface area (Å²) in [5.74, 6) is -0.513. The van der Waals surface area contributed by atoms with Gasteiger partial charge in [-0.05, 0) is 24.1 Å². The van der Waals surface area contributed by atoms with E-state index in [2.05, 4.69) is 0 Å². The summed E-state index contributed by atoms with van der Waals surface area (Å²) in [6, 6.07) is 6.08. The van der Waals surface area contributed by atoms with E-state index in [-0.39, 0.29) is 5.56 Å². The zero-order valence-corrected chi connectivity index (χ0v) is 9.18. The summed E-state index contributed by atoms with van der Waals surface area (Å²) < 4.78 is 13.0. The summed E-state index contributed by atoms with van der Waals surface area (Å²) in [5, 5.41) is 9.21. The summed E-state index contributed by atoms with van der Waals surface area (Å²) in [4.78, 5) is 0. The van der Waals surface area contributed by atoms with Crippen molar-refractivity contribution in [2.75, 3.05) is 0 Å². The fourth-order valence-electron chi connectivity index (χ4n) is 1.15. The van der Waals surface area contributed by atoms with E-state index in [9.17, 15) is 4.39 Å². The zero-order valence-electron chi connectivity index (χ0n) is 8.43. The van der Waals surface area contributed by atoms with Crippen LogP contribution in [0.5, 0.6) is 0 Å². The second kappa shape index (κ2) is 5.53. The van der Waals surface area contributed by atoms with Gasteiger partial charge in [0.1, 0.15) is 11.9 Å². The number of halogens is 2. The summed E-state index contributed by atoms with van der Waals surface area (Å²) in [6.45, 7) is 2.05. The van der Waals surface area contributed by atoms with Crippen molar-refractivity contribution in [1.82, 2.24) is 0 Å². The molecule has 0 atom stereocenters. The van der Waals surface area contributed by atoms with Gasteiger partial charge in [-0.15, -0.1) is 0 Å². The Bertz CT molecular complexity index is 418. The summed E-state index contributed by atoms with van der Waals surface area (Å²) >= 11 is 6.00. The van der Waals surface area contributed by atoms with Crippen molar-refractivity contribution in [2.45, 2.75) is 19.8 Å². The molecule has 1 nitrogen and oxygen atoms in total. The van der Waals surface area contributed by atoms with Gasteiger partial charge >= 0.3 is 0 Å². The number of hydrogen-bond acceptors (Lipinski definition) is 1. The molecule has 0 aromatic heterocycles. The van der Waals surface area contributed by atoms with Gasteiger partial charge in [0.15, 0.2) is 0 Å². The molecule has 1 rings (SSSR count). The van der Waals surface area contributed by atoms with E-state index < -0.39 is 5.82 Å². The minimum absolute atomic E-state index is 0.0237. The largest absolute Gasteiger partial charge is 0.206 e. The molecular formula is C12H11ClFN. The standard InChI is InChI=1S/C12H11ClFN/c1-2-3-4-11(13)9-5-6-12(14)10(7-9)8-15/h4-7H,2-3H2,1H3/b11-4-. The molecule has 0 amide bonds. The van der Waals surface area contributed by atoms with Gasteiger partial charge in [0, 0.05) is 5.03 Å². The Morgan fingerprint density at radius 1 is 1.60 bits per heavy atom. The highest BCUT2D eigenvalue weighted by Gasteiger charge is 2.04. The van der Waals surface area contributed by atoms with Gasteiger partial charge in [-0.2, -0.15) is 5.26 Å². The van der Waals surface area contributed by atoms with E-state index in [0.29, 0.717) is 10.6 Å². The molecule has 0 saturated heterocycles. The lowest BCUT2D eigenvalue weighted by Crippen LogP contribution is -1.86. The van der Waals surface area contributed by atoms with Crippen LogP contribution in [0.3, 0.4) is 0 Å². The van der Waals surface area contributed by atoms with Crippen LogP contribution < -0.4 is 0 Å². The van der Waals surface area contributed by atoms with Crippen molar-refractivity contribution in [2.24, 2.45) is 0 Å². The molecule has 0 aliphatic rings. The first-order chi connectivity index (χ1) is 7.19. The van der Waals surface area contributed by atoms with E-state index in [1.165, 1.54) is 12.1 Å². The molecule has 0 saturated carbocycles. The average Bonchev–Trinajstić information content (AvgIpc) is 2.26. The molecule has 1 aromatic rings. The lowest BCUT2D eigenvalue weighted by Gasteiger charge is -2.00. The third kappa shape index (κ3) is 3.07. The SMILES string of the molecule is CCC/C=C(\Cl)c1ccc(F)c(C#N)c1. The quantitative estimate of drug-likeness (QED) is 0.758.